The first kappa shape index (κ1) is 23.7. The van der Waals surface area contributed by atoms with E-state index in [2.05, 4.69) is 25.5 Å². The largest absolute Gasteiger partial charge is 0.394 e. The zero-order valence-electron chi connectivity index (χ0n) is 19.2. The molecule has 5 aromatic rings. The molecular formula is C24H21F2N7O3S. The maximum absolute atomic E-state index is 13.7. The van der Waals surface area contributed by atoms with Crippen molar-refractivity contribution < 1.29 is 23.7 Å². The van der Waals surface area contributed by atoms with Crippen molar-refractivity contribution >= 4 is 21.6 Å². The molecule has 10 nitrogen and oxygen atoms in total. The Labute approximate surface area is 212 Å². The van der Waals surface area contributed by atoms with Crippen molar-refractivity contribution in [2.45, 2.75) is 37.3 Å². The van der Waals surface area contributed by atoms with Gasteiger partial charge in [0.1, 0.15) is 35.3 Å². The van der Waals surface area contributed by atoms with Gasteiger partial charge in [-0.15, -0.1) is 26.6 Å². The lowest BCUT2D eigenvalue weighted by molar-refractivity contribution is -0.161. The van der Waals surface area contributed by atoms with E-state index in [4.69, 9.17) is 4.74 Å². The van der Waals surface area contributed by atoms with Crippen LogP contribution in [0.1, 0.15) is 29.4 Å². The van der Waals surface area contributed by atoms with E-state index in [0.29, 0.717) is 23.6 Å². The first-order valence-electron chi connectivity index (χ1n) is 11.5. The van der Waals surface area contributed by atoms with Crippen molar-refractivity contribution in [2.75, 3.05) is 6.61 Å². The molecular weight excluding hydrogens is 504 g/mol. The fraction of sp³-hybridized carbons (Fsp3) is 0.292. The van der Waals surface area contributed by atoms with Crippen molar-refractivity contribution in [2.24, 2.45) is 0 Å². The van der Waals surface area contributed by atoms with E-state index >= 15 is 0 Å². The molecule has 0 spiro atoms. The van der Waals surface area contributed by atoms with Gasteiger partial charge in [-0.05, 0) is 30.3 Å². The molecule has 4 heterocycles. The normalized spacial score (nSPS) is 22.1. The molecule has 1 fully saturated rings. The van der Waals surface area contributed by atoms with Crippen LogP contribution in [0.25, 0.3) is 21.5 Å². The van der Waals surface area contributed by atoms with Crippen LogP contribution >= 0.6 is 11.3 Å². The van der Waals surface area contributed by atoms with Crippen molar-refractivity contribution in [3.8, 4) is 11.3 Å². The molecule has 0 saturated carbocycles. The van der Waals surface area contributed by atoms with Crippen LogP contribution in [0.5, 0.6) is 0 Å². The molecule has 6 rings (SSSR count). The van der Waals surface area contributed by atoms with Crippen molar-refractivity contribution in [3.63, 3.8) is 0 Å². The second kappa shape index (κ2) is 9.67. The minimum absolute atomic E-state index is 0.261. The summed E-state index contributed by atoms with van der Waals surface area (Å²) in [6, 6.07) is 10.7. The lowest BCUT2D eigenvalue weighted by Gasteiger charge is -2.38. The van der Waals surface area contributed by atoms with Gasteiger partial charge in [0.25, 0.3) is 0 Å². The van der Waals surface area contributed by atoms with Crippen molar-refractivity contribution in [1.82, 2.24) is 34.7 Å². The zero-order chi connectivity index (χ0) is 25.5. The number of rotatable bonds is 6. The molecule has 3 aromatic heterocycles. The number of aliphatic hydroxyl groups is 2. The third-order valence-electron chi connectivity index (χ3n) is 6.39. The van der Waals surface area contributed by atoms with Crippen LogP contribution in [0, 0.1) is 11.6 Å². The molecule has 0 radical (unpaired) electrons. The zero-order valence-corrected chi connectivity index (χ0v) is 20.0. The van der Waals surface area contributed by atoms with E-state index in [1.54, 1.807) is 23.9 Å². The number of fused-ring (bicyclic) bond motifs is 1. The summed E-state index contributed by atoms with van der Waals surface area (Å²) in [5.74, 6) is -1.43. The number of para-hydroxylation sites is 1. The van der Waals surface area contributed by atoms with Crippen LogP contribution in [-0.2, 0) is 11.3 Å². The Morgan fingerprint density at radius 2 is 1.97 bits per heavy atom. The molecule has 0 amide bonds. The van der Waals surface area contributed by atoms with E-state index in [1.807, 2.05) is 28.8 Å². The van der Waals surface area contributed by atoms with Crippen LogP contribution in [0.2, 0.25) is 0 Å². The highest BCUT2D eigenvalue weighted by Crippen LogP contribution is 2.37. The van der Waals surface area contributed by atoms with Gasteiger partial charge in [0, 0.05) is 12.0 Å². The molecule has 0 aliphatic carbocycles. The SMILES string of the molecule is OCC1OC(c2nncn2Cc2nc3ccccc3s2)CC(n2cc(-c3ccc(F)c(F)c3)nn2)C1O. The number of aliphatic hydroxyl groups excluding tert-OH is 2. The standard InChI is InChI=1S/C24H21F2N7O3S/c25-14-6-5-13(7-15(14)26)17-9-33(31-29-17)18-8-19(36-20(11-34)23(18)35)24-30-27-12-32(24)10-22-28-16-3-1-2-4-21(16)37-22/h1-7,9,12,18-20,23,34-35H,8,10-11H2. The van der Waals surface area contributed by atoms with Crippen LogP contribution < -0.4 is 0 Å². The number of halogens is 2. The highest BCUT2D eigenvalue weighted by Gasteiger charge is 2.41. The number of hydrogen-bond acceptors (Lipinski definition) is 9. The lowest BCUT2D eigenvalue weighted by Crippen LogP contribution is -2.45. The highest BCUT2D eigenvalue weighted by molar-refractivity contribution is 7.18. The quantitative estimate of drug-likeness (QED) is 0.347. The number of benzene rings is 2. The Kier molecular flexibility index (Phi) is 6.20. The minimum Gasteiger partial charge on any atom is -0.394 e. The van der Waals surface area contributed by atoms with Crippen molar-refractivity contribution in [1.29, 1.82) is 0 Å². The van der Waals surface area contributed by atoms with Gasteiger partial charge in [0.15, 0.2) is 17.5 Å². The monoisotopic (exact) mass is 525 g/mol. The molecule has 190 valence electrons. The van der Waals surface area contributed by atoms with Gasteiger partial charge < -0.3 is 19.5 Å². The molecule has 1 aliphatic heterocycles. The third-order valence-corrected chi connectivity index (χ3v) is 7.41. The third kappa shape index (κ3) is 4.50. The number of ether oxygens (including phenoxy) is 1. The second-order valence-corrected chi connectivity index (χ2v) is 9.86. The highest BCUT2D eigenvalue weighted by atomic mass is 32.1. The molecule has 2 aromatic carbocycles. The Bertz CT molecular complexity index is 1520. The molecule has 0 bridgehead atoms. The Balaban J connectivity index is 1.27. The first-order valence-corrected chi connectivity index (χ1v) is 12.4. The summed E-state index contributed by atoms with van der Waals surface area (Å²) in [6.45, 7) is 0.00700. The molecule has 4 atom stereocenters. The Morgan fingerprint density at radius 3 is 2.78 bits per heavy atom. The van der Waals surface area contributed by atoms with Gasteiger partial charge in [-0.1, -0.05) is 17.3 Å². The van der Waals surface area contributed by atoms with Gasteiger partial charge in [-0.2, -0.15) is 0 Å². The maximum atomic E-state index is 13.7. The van der Waals surface area contributed by atoms with Gasteiger partial charge in [0.05, 0.1) is 35.6 Å². The summed E-state index contributed by atoms with van der Waals surface area (Å²) in [5.41, 5.74) is 1.57. The summed E-state index contributed by atoms with van der Waals surface area (Å²) in [4.78, 5) is 4.67. The van der Waals surface area contributed by atoms with E-state index in [0.717, 1.165) is 27.4 Å². The summed E-state index contributed by atoms with van der Waals surface area (Å²) in [5, 5.41) is 38.2. The lowest BCUT2D eigenvalue weighted by atomic mass is 9.95. The van der Waals surface area contributed by atoms with Gasteiger partial charge in [0.2, 0.25) is 0 Å². The molecule has 1 saturated heterocycles. The van der Waals surface area contributed by atoms with Crippen LogP contribution in [0.15, 0.2) is 55.0 Å². The molecule has 1 aliphatic rings. The minimum atomic E-state index is -1.10. The van der Waals surface area contributed by atoms with E-state index < -0.39 is 42.6 Å². The summed E-state index contributed by atoms with van der Waals surface area (Å²) in [7, 11) is 0. The van der Waals surface area contributed by atoms with Crippen LogP contribution in [-0.4, -0.2) is 63.8 Å². The van der Waals surface area contributed by atoms with Gasteiger partial charge in [-0.25, -0.2) is 18.4 Å². The summed E-state index contributed by atoms with van der Waals surface area (Å²) < 4.78 is 37.4. The van der Waals surface area contributed by atoms with E-state index in [9.17, 15) is 19.0 Å². The van der Waals surface area contributed by atoms with Crippen molar-refractivity contribution in [3.05, 3.63) is 77.5 Å². The molecule has 13 heteroatoms. The van der Waals surface area contributed by atoms with E-state index in [1.165, 1.54) is 10.7 Å². The number of thiazole rings is 1. The topological polar surface area (TPSA) is 124 Å². The second-order valence-electron chi connectivity index (χ2n) is 8.74. The molecule has 2 N–H and O–H groups in total. The maximum Gasteiger partial charge on any atom is 0.162 e. The van der Waals surface area contributed by atoms with Crippen LogP contribution in [0.4, 0.5) is 8.78 Å². The Hall–Kier alpha value is -3.65. The van der Waals surface area contributed by atoms with Crippen LogP contribution in [0.3, 0.4) is 0 Å². The fourth-order valence-corrected chi connectivity index (χ4v) is 5.50. The number of hydrogen-bond donors (Lipinski definition) is 2. The van der Waals surface area contributed by atoms with E-state index in [-0.39, 0.29) is 6.42 Å². The average molecular weight is 526 g/mol. The Morgan fingerprint density at radius 1 is 1.11 bits per heavy atom. The molecule has 37 heavy (non-hydrogen) atoms. The predicted molar refractivity (Wildman–Crippen MR) is 128 cm³/mol. The van der Waals surface area contributed by atoms with Gasteiger partial charge >= 0.3 is 0 Å². The average Bonchev–Trinajstić information content (AvgIpc) is 3.66. The predicted octanol–water partition coefficient (Wildman–Crippen LogP) is 2.90. The first-order chi connectivity index (χ1) is 18.0. The molecule has 4 unspecified atom stereocenters. The summed E-state index contributed by atoms with van der Waals surface area (Å²) in [6.07, 6.45) is 0.780. The number of nitrogens with zero attached hydrogens (tertiary/aromatic N) is 7. The summed E-state index contributed by atoms with van der Waals surface area (Å²) >= 11 is 1.58. The van der Waals surface area contributed by atoms with Gasteiger partial charge in [-0.3, -0.25) is 0 Å². The number of aromatic nitrogens is 7. The smallest absolute Gasteiger partial charge is 0.162 e. The fourth-order valence-electron chi connectivity index (χ4n) is 4.53.